The van der Waals surface area contributed by atoms with Crippen LogP contribution in [-0.4, -0.2) is 23.0 Å². The van der Waals surface area contributed by atoms with Gasteiger partial charge in [-0.2, -0.15) is 0 Å². The number of nitrogens with zero attached hydrogens (tertiary/aromatic N) is 1. The minimum atomic E-state index is -0.331. The predicted molar refractivity (Wildman–Crippen MR) is 80.2 cm³/mol. The van der Waals surface area contributed by atoms with E-state index in [9.17, 15) is 9.18 Å². The Morgan fingerprint density at radius 3 is 2.91 bits per heavy atom. The molecule has 1 amide bonds. The summed E-state index contributed by atoms with van der Waals surface area (Å²) in [4.78, 5) is 19.1. The number of rotatable bonds is 4. The number of hydrogen-bond acceptors (Lipinski definition) is 3. The number of ether oxygens (including phenoxy) is 1. The third kappa shape index (κ3) is 2.90. The van der Waals surface area contributed by atoms with Crippen molar-refractivity contribution in [1.82, 2.24) is 15.3 Å². The van der Waals surface area contributed by atoms with Crippen LogP contribution in [0.5, 0.6) is 5.88 Å². The molecule has 2 N–H and O–H groups in total. The van der Waals surface area contributed by atoms with Crippen LogP contribution in [0, 0.1) is 5.82 Å². The Bertz CT molecular complexity index is 812. The monoisotopic (exact) mass is 299 g/mol. The van der Waals surface area contributed by atoms with E-state index in [2.05, 4.69) is 15.3 Å². The van der Waals surface area contributed by atoms with Crippen molar-refractivity contribution in [2.75, 3.05) is 7.11 Å². The molecule has 2 heterocycles. The lowest BCUT2D eigenvalue weighted by molar-refractivity contribution is 0.0946. The van der Waals surface area contributed by atoms with E-state index in [-0.39, 0.29) is 11.7 Å². The van der Waals surface area contributed by atoms with E-state index in [1.54, 1.807) is 31.5 Å². The van der Waals surface area contributed by atoms with Crippen molar-refractivity contribution in [1.29, 1.82) is 0 Å². The summed E-state index contributed by atoms with van der Waals surface area (Å²) in [6.07, 6.45) is 1.64. The first-order valence-corrected chi connectivity index (χ1v) is 6.71. The molecule has 22 heavy (non-hydrogen) atoms. The lowest BCUT2D eigenvalue weighted by atomic mass is 10.2. The lowest BCUT2D eigenvalue weighted by Crippen LogP contribution is -2.23. The van der Waals surface area contributed by atoms with Crippen molar-refractivity contribution in [3.63, 3.8) is 0 Å². The van der Waals surface area contributed by atoms with Crippen LogP contribution in [0.2, 0.25) is 0 Å². The second kappa shape index (κ2) is 5.85. The maximum Gasteiger partial charge on any atom is 0.267 e. The average molecular weight is 299 g/mol. The molecule has 0 aliphatic heterocycles. The van der Waals surface area contributed by atoms with Crippen LogP contribution in [0.3, 0.4) is 0 Å². The molecule has 112 valence electrons. The molecule has 5 nitrogen and oxygen atoms in total. The summed E-state index contributed by atoms with van der Waals surface area (Å²) in [6.45, 7) is 0.347. The molecule has 2 aromatic heterocycles. The van der Waals surface area contributed by atoms with Crippen molar-refractivity contribution < 1.29 is 13.9 Å². The van der Waals surface area contributed by atoms with E-state index >= 15 is 0 Å². The topological polar surface area (TPSA) is 67.0 Å². The van der Waals surface area contributed by atoms with Crippen molar-refractivity contribution in [3.8, 4) is 5.88 Å². The van der Waals surface area contributed by atoms with Gasteiger partial charge in [-0.05, 0) is 29.8 Å². The van der Waals surface area contributed by atoms with Gasteiger partial charge in [0.2, 0.25) is 5.88 Å². The van der Waals surface area contributed by atoms with E-state index in [1.807, 2.05) is 6.07 Å². The SMILES string of the molecule is COc1ccc(CNC(=O)c2cc3cc(F)ccc3[nH]2)cn1. The lowest BCUT2D eigenvalue weighted by Gasteiger charge is -2.04. The molecule has 0 bridgehead atoms. The highest BCUT2D eigenvalue weighted by Gasteiger charge is 2.09. The molecule has 6 heteroatoms. The zero-order valence-corrected chi connectivity index (χ0v) is 11.9. The number of carbonyl (C=O) groups excluding carboxylic acids is 1. The molecule has 0 fully saturated rings. The smallest absolute Gasteiger partial charge is 0.267 e. The fourth-order valence-electron chi connectivity index (χ4n) is 2.14. The van der Waals surface area contributed by atoms with Crippen molar-refractivity contribution >= 4 is 16.8 Å². The Hall–Kier alpha value is -2.89. The zero-order chi connectivity index (χ0) is 15.5. The van der Waals surface area contributed by atoms with Gasteiger partial charge in [-0.1, -0.05) is 6.07 Å². The summed E-state index contributed by atoms with van der Waals surface area (Å²) in [7, 11) is 1.54. The summed E-state index contributed by atoms with van der Waals surface area (Å²) in [6, 6.07) is 9.52. The van der Waals surface area contributed by atoms with Gasteiger partial charge >= 0.3 is 0 Å². The van der Waals surface area contributed by atoms with Gasteiger partial charge in [0.1, 0.15) is 11.5 Å². The number of benzene rings is 1. The summed E-state index contributed by atoms with van der Waals surface area (Å²) in [5, 5.41) is 3.45. The summed E-state index contributed by atoms with van der Waals surface area (Å²) in [5.41, 5.74) is 1.97. The molecule has 3 rings (SSSR count). The van der Waals surface area contributed by atoms with E-state index in [1.165, 1.54) is 12.1 Å². The van der Waals surface area contributed by atoms with Crippen molar-refractivity contribution in [2.45, 2.75) is 6.54 Å². The first kappa shape index (κ1) is 14.1. The molecule has 0 aliphatic rings. The van der Waals surface area contributed by atoms with Gasteiger partial charge in [0.15, 0.2) is 0 Å². The minimum Gasteiger partial charge on any atom is -0.481 e. The third-order valence-corrected chi connectivity index (χ3v) is 3.29. The average Bonchev–Trinajstić information content (AvgIpc) is 2.96. The van der Waals surface area contributed by atoms with E-state index in [0.29, 0.717) is 23.5 Å². The number of pyridine rings is 1. The van der Waals surface area contributed by atoms with Crippen LogP contribution < -0.4 is 10.1 Å². The number of carbonyl (C=O) groups is 1. The van der Waals surface area contributed by atoms with Gasteiger partial charge < -0.3 is 15.0 Å². The second-order valence-corrected chi connectivity index (χ2v) is 4.81. The fourth-order valence-corrected chi connectivity index (χ4v) is 2.14. The number of fused-ring (bicyclic) bond motifs is 1. The Labute approximate surface area is 126 Å². The molecule has 0 aliphatic carbocycles. The highest BCUT2D eigenvalue weighted by molar-refractivity contribution is 5.97. The van der Waals surface area contributed by atoms with Gasteiger partial charge in [-0.3, -0.25) is 4.79 Å². The van der Waals surface area contributed by atoms with Gasteiger partial charge in [-0.25, -0.2) is 9.37 Å². The summed E-state index contributed by atoms with van der Waals surface area (Å²) in [5.74, 6) is -0.0667. The standard InChI is InChI=1S/C16H14FN3O2/c1-22-15-5-2-10(8-18-15)9-19-16(21)14-7-11-6-12(17)3-4-13(11)20-14/h2-8,20H,9H2,1H3,(H,19,21). The number of hydrogen-bond donors (Lipinski definition) is 2. The van der Waals surface area contributed by atoms with Crippen molar-refractivity contribution in [2.24, 2.45) is 0 Å². The van der Waals surface area contributed by atoms with Gasteiger partial charge in [0.05, 0.1) is 7.11 Å². The van der Waals surface area contributed by atoms with Gasteiger partial charge in [-0.15, -0.1) is 0 Å². The van der Waals surface area contributed by atoms with Crippen LogP contribution in [0.15, 0.2) is 42.6 Å². The number of aromatic amines is 1. The predicted octanol–water partition coefficient (Wildman–Crippen LogP) is 2.64. The van der Waals surface area contributed by atoms with E-state index in [0.717, 1.165) is 11.1 Å². The van der Waals surface area contributed by atoms with E-state index < -0.39 is 0 Å². The molecule has 0 spiro atoms. The Morgan fingerprint density at radius 2 is 2.18 bits per heavy atom. The van der Waals surface area contributed by atoms with Crippen LogP contribution >= 0.6 is 0 Å². The molecular formula is C16H14FN3O2. The number of halogens is 1. The normalized spacial score (nSPS) is 10.6. The Balaban J connectivity index is 1.69. The van der Waals surface area contributed by atoms with Gasteiger partial charge in [0, 0.05) is 29.7 Å². The Morgan fingerprint density at radius 1 is 1.32 bits per heavy atom. The number of H-pyrrole nitrogens is 1. The highest BCUT2D eigenvalue weighted by Crippen LogP contribution is 2.16. The summed E-state index contributed by atoms with van der Waals surface area (Å²) >= 11 is 0. The Kier molecular flexibility index (Phi) is 3.74. The number of aromatic nitrogens is 2. The molecule has 3 aromatic rings. The maximum absolute atomic E-state index is 13.1. The second-order valence-electron chi connectivity index (χ2n) is 4.81. The highest BCUT2D eigenvalue weighted by atomic mass is 19.1. The molecule has 1 aromatic carbocycles. The minimum absolute atomic E-state index is 0.257. The molecule has 0 saturated heterocycles. The molecular weight excluding hydrogens is 285 g/mol. The van der Waals surface area contributed by atoms with Crippen LogP contribution in [-0.2, 0) is 6.54 Å². The molecule has 0 atom stereocenters. The number of methoxy groups -OCH3 is 1. The number of amides is 1. The van der Waals surface area contributed by atoms with E-state index in [4.69, 9.17) is 4.74 Å². The molecule has 0 saturated carbocycles. The molecule has 0 unspecified atom stereocenters. The van der Waals surface area contributed by atoms with Crippen molar-refractivity contribution in [3.05, 3.63) is 59.7 Å². The zero-order valence-electron chi connectivity index (χ0n) is 11.9. The summed E-state index contributed by atoms with van der Waals surface area (Å²) < 4.78 is 18.1. The van der Waals surface area contributed by atoms with Crippen LogP contribution in [0.25, 0.3) is 10.9 Å². The quantitative estimate of drug-likeness (QED) is 0.778. The molecule has 0 radical (unpaired) electrons. The first-order valence-electron chi connectivity index (χ1n) is 6.71. The first-order chi connectivity index (χ1) is 10.7. The fraction of sp³-hybridized carbons (Fsp3) is 0.125. The number of nitrogens with one attached hydrogen (secondary N) is 2. The third-order valence-electron chi connectivity index (χ3n) is 3.29. The largest absolute Gasteiger partial charge is 0.481 e. The van der Waals surface area contributed by atoms with Crippen LogP contribution in [0.1, 0.15) is 16.1 Å². The maximum atomic E-state index is 13.1. The van der Waals surface area contributed by atoms with Crippen LogP contribution in [0.4, 0.5) is 4.39 Å². The van der Waals surface area contributed by atoms with Gasteiger partial charge in [0.25, 0.3) is 5.91 Å².